The highest BCUT2D eigenvalue weighted by molar-refractivity contribution is 5.43. The lowest BCUT2D eigenvalue weighted by molar-refractivity contribution is 0.312. The van der Waals surface area contributed by atoms with Crippen LogP contribution in [0.1, 0.15) is 63.1 Å². The summed E-state index contributed by atoms with van der Waals surface area (Å²) in [6.07, 6.45) is 6.14. The zero-order valence-corrected chi connectivity index (χ0v) is 12.5. The highest BCUT2D eigenvalue weighted by atomic mass is 16.5. The molecule has 1 aromatic rings. The molecule has 0 saturated heterocycles. The SMILES string of the molecule is CCCCC(C)NC1CCCOc2c(C)cccc21. The molecule has 0 bridgehead atoms. The molecule has 1 N–H and O–H groups in total. The average Bonchev–Trinajstić information content (AvgIpc) is 2.60. The van der Waals surface area contributed by atoms with Crippen LogP contribution in [-0.2, 0) is 0 Å². The molecule has 2 atom stereocenters. The molecule has 0 saturated carbocycles. The Labute approximate surface area is 117 Å². The van der Waals surface area contributed by atoms with Crippen LogP contribution in [0.2, 0.25) is 0 Å². The van der Waals surface area contributed by atoms with Gasteiger partial charge in [0.2, 0.25) is 0 Å². The fraction of sp³-hybridized carbons (Fsp3) is 0.647. The number of rotatable bonds is 5. The second kappa shape index (κ2) is 6.95. The first-order valence-corrected chi connectivity index (χ1v) is 7.70. The first-order valence-electron chi connectivity index (χ1n) is 7.70. The Hall–Kier alpha value is -1.02. The van der Waals surface area contributed by atoms with E-state index >= 15 is 0 Å². The molecule has 106 valence electrons. The van der Waals surface area contributed by atoms with Crippen molar-refractivity contribution < 1.29 is 4.74 Å². The molecule has 2 rings (SSSR count). The summed E-state index contributed by atoms with van der Waals surface area (Å²) in [6, 6.07) is 7.54. The largest absolute Gasteiger partial charge is 0.493 e. The molecule has 1 aliphatic heterocycles. The Morgan fingerprint density at radius 1 is 1.42 bits per heavy atom. The molecule has 0 amide bonds. The number of aryl methyl sites for hydroxylation is 1. The minimum absolute atomic E-state index is 0.448. The molecule has 2 heteroatoms. The van der Waals surface area contributed by atoms with Crippen LogP contribution in [0.3, 0.4) is 0 Å². The summed E-state index contributed by atoms with van der Waals surface area (Å²) in [6.45, 7) is 7.54. The van der Waals surface area contributed by atoms with E-state index < -0.39 is 0 Å². The van der Waals surface area contributed by atoms with Crippen LogP contribution in [-0.4, -0.2) is 12.6 Å². The van der Waals surface area contributed by atoms with Gasteiger partial charge in [-0.05, 0) is 38.7 Å². The van der Waals surface area contributed by atoms with Gasteiger partial charge in [-0.15, -0.1) is 0 Å². The number of fused-ring (bicyclic) bond motifs is 1. The molecule has 1 aromatic carbocycles. The summed E-state index contributed by atoms with van der Waals surface area (Å²) in [7, 11) is 0. The molecule has 19 heavy (non-hydrogen) atoms. The van der Waals surface area contributed by atoms with Gasteiger partial charge in [0, 0.05) is 17.6 Å². The van der Waals surface area contributed by atoms with E-state index in [1.165, 1.54) is 36.8 Å². The highest BCUT2D eigenvalue weighted by Gasteiger charge is 2.21. The summed E-state index contributed by atoms with van der Waals surface area (Å²) in [5.74, 6) is 1.11. The monoisotopic (exact) mass is 261 g/mol. The maximum atomic E-state index is 5.93. The summed E-state index contributed by atoms with van der Waals surface area (Å²) < 4.78 is 5.93. The van der Waals surface area contributed by atoms with Crippen molar-refractivity contribution in [3.63, 3.8) is 0 Å². The van der Waals surface area contributed by atoms with Gasteiger partial charge in [0.1, 0.15) is 5.75 Å². The molecule has 1 heterocycles. The first-order chi connectivity index (χ1) is 9.22. The fourth-order valence-corrected chi connectivity index (χ4v) is 2.87. The standard InChI is InChI=1S/C17H27NO/c1-4-5-9-14(3)18-16-11-7-12-19-17-13(2)8-6-10-15(16)17/h6,8,10,14,16,18H,4-5,7,9,11-12H2,1-3H3. The van der Waals surface area contributed by atoms with Crippen LogP contribution in [0, 0.1) is 6.92 Å². The Kier molecular flexibility index (Phi) is 5.26. The molecule has 2 nitrogen and oxygen atoms in total. The maximum absolute atomic E-state index is 5.93. The molecule has 0 radical (unpaired) electrons. The Balaban J connectivity index is 2.11. The lowest BCUT2D eigenvalue weighted by atomic mass is 9.98. The maximum Gasteiger partial charge on any atom is 0.126 e. The molecule has 0 aromatic heterocycles. The zero-order valence-electron chi connectivity index (χ0n) is 12.5. The Bertz CT molecular complexity index is 402. The van der Waals surface area contributed by atoms with Crippen molar-refractivity contribution in [1.82, 2.24) is 5.32 Å². The van der Waals surface area contributed by atoms with Crippen LogP contribution >= 0.6 is 0 Å². The number of nitrogens with one attached hydrogen (secondary N) is 1. The number of hydrogen-bond acceptors (Lipinski definition) is 2. The van der Waals surface area contributed by atoms with Crippen LogP contribution in [0.4, 0.5) is 0 Å². The van der Waals surface area contributed by atoms with Crippen molar-refractivity contribution in [2.45, 2.75) is 65.0 Å². The summed E-state index contributed by atoms with van der Waals surface area (Å²) >= 11 is 0. The predicted molar refractivity (Wildman–Crippen MR) is 80.8 cm³/mol. The van der Waals surface area contributed by atoms with Crippen molar-refractivity contribution in [2.24, 2.45) is 0 Å². The average molecular weight is 261 g/mol. The van der Waals surface area contributed by atoms with Gasteiger partial charge in [-0.25, -0.2) is 0 Å². The van der Waals surface area contributed by atoms with Gasteiger partial charge in [0.15, 0.2) is 0 Å². The lowest BCUT2D eigenvalue weighted by Gasteiger charge is -2.23. The molecule has 2 unspecified atom stereocenters. The van der Waals surface area contributed by atoms with Gasteiger partial charge in [0.25, 0.3) is 0 Å². The summed E-state index contributed by atoms with van der Waals surface area (Å²) in [5, 5.41) is 3.80. The van der Waals surface area contributed by atoms with Gasteiger partial charge in [-0.2, -0.15) is 0 Å². The zero-order chi connectivity index (χ0) is 13.7. The second-order valence-corrected chi connectivity index (χ2v) is 5.75. The van der Waals surface area contributed by atoms with E-state index in [1.54, 1.807) is 0 Å². The lowest BCUT2D eigenvalue weighted by Crippen LogP contribution is -2.30. The van der Waals surface area contributed by atoms with Crippen LogP contribution in [0.5, 0.6) is 5.75 Å². The van der Waals surface area contributed by atoms with Crippen LogP contribution in [0.25, 0.3) is 0 Å². The minimum atomic E-state index is 0.448. The topological polar surface area (TPSA) is 21.3 Å². The predicted octanol–water partition coefficient (Wildman–Crippen LogP) is 4.38. The number of ether oxygens (including phenoxy) is 1. The van der Waals surface area contributed by atoms with E-state index in [2.05, 4.69) is 44.3 Å². The normalized spacial score (nSPS) is 20.3. The van der Waals surface area contributed by atoms with E-state index in [9.17, 15) is 0 Å². The van der Waals surface area contributed by atoms with Gasteiger partial charge < -0.3 is 10.1 Å². The highest BCUT2D eigenvalue weighted by Crippen LogP contribution is 2.34. The molecular formula is C17H27NO. The van der Waals surface area contributed by atoms with Gasteiger partial charge in [-0.1, -0.05) is 38.0 Å². The molecule has 0 aliphatic carbocycles. The smallest absolute Gasteiger partial charge is 0.126 e. The van der Waals surface area contributed by atoms with Crippen molar-refractivity contribution in [2.75, 3.05) is 6.61 Å². The third-order valence-electron chi connectivity index (χ3n) is 3.98. The number of benzene rings is 1. The quantitative estimate of drug-likeness (QED) is 0.849. The molecule has 0 spiro atoms. The number of unbranched alkanes of at least 4 members (excludes halogenated alkanes) is 1. The van der Waals surface area contributed by atoms with Gasteiger partial charge in [0.05, 0.1) is 6.61 Å². The van der Waals surface area contributed by atoms with E-state index in [4.69, 9.17) is 4.74 Å². The fourth-order valence-electron chi connectivity index (χ4n) is 2.87. The Morgan fingerprint density at radius 3 is 3.05 bits per heavy atom. The number of para-hydroxylation sites is 1. The summed E-state index contributed by atoms with van der Waals surface area (Å²) in [5.41, 5.74) is 2.60. The van der Waals surface area contributed by atoms with E-state index in [0.717, 1.165) is 18.8 Å². The summed E-state index contributed by atoms with van der Waals surface area (Å²) in [4.78, 5) is 0. The van der Waals surface area contributed by atoms with Gasteiger partial charge >= 0.3 is 0 Å². The second-order valence-electron chi connectivity index (χ2n) is 5.75. The third kappa shape index (κ3) is 3.73. The minimum Gasteiger partial charge on any atom is -0.493 e. The van der Waals surface area contributed by atoms with Crippen molar-refractivity contribution in [3.8, 4) is 5.75 Å². The molecule has 1 aliphatic rings. The van der Waals surface area contributed by atoms with Crippen molar-refractivity contribution in [3.05, 3.63) is 29.3 Å². The van der Waals surface area contributed by atoms with Crippen molar-refractivity contribution in [1.29, 1.82) is 0 Å². The van der Waals surface area contributed by atoms with Gasteiger partial charge in [-0.3, -0.25) is 0 Å². The van der Waals surface area contributed by atoms with E-state index in [-0.39, 0.29) is 0 Å². The molecular weight excluding hydrogens is 234 g/mol. The van der Waals surface area contributed by atoms with Crippen LogP contribution in [0.15, 0.2) is 18.2 Å². The van der Waals surface area contributed by atoms with E-state index in [1.807, 2.05) is 0 Å². The third-order valence-corrected chi connectivity index (χ3v) is 3.98. The van der Waals surface area contributed by atoms with Crippen LogP contribution < -0.4 is 10.1 Å². The Morgan fingerprint density at radius 2 is 2.26 bits per heavy atom. The number of hydrogen-bond donors (Lipinski definition) is 1. The van der Waals surface area contributed by atoms with Crippen molar-refractivity contribution >= 4 is 0 Å². The first kappa shape index (κ1) is 14.4. The molecule has 0 fully saturated rings. The van der Waals surface area contributed by atoms with E-state index in [0.29, 0.717) is 12.1 Å².